The van der Waals surface area contributed by atoms with Gasteiger partial charge in [-0.25, -0.2) is 4.39 Å². The van der Waals surface area contributed by atoms with Gasteiger partial charge in [0.2, 0.25) is 0 Å². The third kappa shape index (κ3) is 3.92. The van der Waals surface area contributed by atoms with E-state index in [0.717, 1.165) is 0 Å². The molecule has 0 bridgehead atoms. The van der Waals surface area contributed by atoms with Gasteiger partial charge in [-0.05, 0) is 26.0 Å². The molecule has 1 aromatic rings. The predicted octanol–water partition coefficient (Wildman–Crippen LogP) is 1.51. The summed E-state index contributed by atoms with van der Waals surface area (Å²) in [6.07, 6.45) is -1.55. The van der Waals surface area contributed by atoms with E-state index in [4.69, 9.17) is 9.47 Å². The fraction of sp³-hybridized carbons (Fsp3) is 0.533. The zero-order chi connectivity index (χ0) is 15.4. The summed E-state index contributed by atoms with van der Waals surface area (Å²) >= 11 is 0. The maximum Gasteiger partial charge on any atom is 0.263 e. The van der Waals surface area contributed by atoms with E-state index >= 15 is 0 Å². The van der Waals surface area contributed by atoms with E-state index in [9.17, 15) is 14.3 Å². The molecule has 1 N–H and O–H groups in total. The molecule has 2 rings (SSSR count). The van der Waals surface area contributed by atoms with Crippen molar-refractivity contribution in [2.75, 3.05) is 26.3 Å². The Hall–Kier alpha value is -1.66. The molecule has 6 heteroatoms. The average Bonchev–Trinajstić information content (AvgIpc) is 2.47. The van der Waals surface area contributed by atoms with Crippen LogP contribution in [0.15, 0.2) is 18.2 Å². The van der Waals surface area contributed by atoms with Gasteiger partial charge in [-0.15, -0.1) is 0 Å². The van der Waals surface area contributed by atoms with Gasteiger partial charge in [-0.2, -0.15) is 0 Å². The number of hydrogen-bond acceptors (Lipinski definition) is 4. The number of benzene rings is 1. The quantitative estimate of drug-likeness (QED) is 0.915. The van der Waals surface area contributed by atoms with Gasteiger partial charge < -0.3 is 19.5 Å². The molecule has 0 aliphatic carbocycles. The van der Waals surface area contributed by atoms with E-state index < -0.39 is 18.0 Å². The topological polar surface area (TPSA) is 59.0 Å². The summed E-state index contributed by atoms with van der Waals surface area (Å²) in [6, 6.07) is 3.90. The van der Waals surface area contributed by atoms with Crippen LogP contribution in [0.4, 0.5) is 4.39 Å². The number of hydrogen-bond donors (Lipinski definition) is 1. The Balaban J connectivity index is 2.09. The summed E-state index contributed by atoms with van der Waals surface area (Å²) in [7, 11) is 0. The number of aliphatic hydroxyl groups excluding tert-OH is 1. The van der Waals surface area contributed by atoms with Gasteiger partial charge in [0.05, 0.1) is 19.3 Å². The molecule has 0 saturated carbocycles. The molecule has 0 aromatic heterocycles. The molecule has 1 amide bonds. The van der Waals surface area contributed by atoms with Gasteiger partial charge in [0, 0.05) is 24.7 Å². The summed E-state index contributed by atoms with van der Waals surface area (Å²) in [5, 5.41) is 9.68. The predicted molar refractivity (Wildman–Crippen MR) is 74.5 cm³/mol. The standard InChI is InChI=1S/C15H20FNO4/c1-10(18)13-4-3-12(16)9-14(13)21-11(2)15(19)17-5-7-20-8-6-17/h3-4,9-11,18H,5-8H2,1-2H3/t10-,11?/m0/s1. The minimum absolute atomic E-state index is 0.167. The highest BCUT2D eigenvalue weighted by Crippen LogP contribution is 2.27. The Kier molecular flexibility index (Phi) is 5.14. The number of morpholine rings is 1. The van der Waals surface area contributed by atoms with Crippen LogP contribution in [0.1, 0.15) is 25.5 Å². The first-order valence-electron chi connectivity index (χ1n) is 6.99. The maximum atomic E-state index is 13.3. The van der Waals surface area contributed by atoms with E-state index in [2.05, 4.69) is 0 Å². The average molecular weight is 297 g/mol. The van der Waals surface area contributed by atoms with Crippen LogP contribution in [-0.2, 0) is 9.53 Å². The van der Waals surface area contributed by atoms with Gasteiger partial charge in [0.1, 0.15) is 11.6 Å². The number of carbonyl (C=O) groups excluding carboxylic acids is 1. The maximum absolute atomic E-state index is 13.3. The van der Waals surface area contributed by atoms with Crippen LogP contribution in [-0.4, -0.2) is 48.3 Å². The summed E-state index contributed by atoms with van der Waals surface area (Å²) in [5.41, 5.74) is 0.457. The fourth-order valence-corrected chi connectivity index (χ4v) is 2.24. The first-order chi connectivity index (χ1) is 9.99. The van der Waals surface area contributed by atoms with Crippen molar-refractivity contribution >= 4 is 5.91 Å². The van der Waals surface area contributed by atoms with E-state index in [1.165, 1.54) is 18.2 Å². The molecule has 1 saturated heterocycles. The van der Waals surface area contributed by atoms with Crippen molar-refractivity contribution in [3.05, 3.63) is 29.6 Å². The van der Waals surface area contributed by atoms with Crippen molar-refractivity contribution in [1.29, 1.82) is 0 Å². The molecular weight excluding hydrogens is 277 g/mol. The van der Waals surface area contributed by atoms with Crippen molar-refractivity contribution in [2.45, 2.75) is 26.1 Å². The van der Waals surface area contributed by atoms with Crippen LogP contribution in [0.25, 0.3) is 0 Å². The largest absolute Gasteiger partial charge is 0.480 e. The number of rotatable bonds is 4. The lowest BCUT2D eigenvalue weighted by molar-refractivity contribution is -0.142. The summed E-state index contributed by atoms with van der Waals surface area (Å²) < 4.78 is 24.1. The smallest absolute Gasteiger partial charge is 0.263 e. The lowest BCUT2D eigenvalue weighted by Crippen LogP contribution is -2.46. The number of carbonyl (C=O) groups is 1. The molecule has 0 radical (unpaired) electrons. The second kappa shape index (κ2) is 6.87. The molecule has 5 nitrogen and oxygen atoms in total. The second-order valence-corrected chi connectivity index (χ2v) is 5.06. The Bertz CT molecular complexity index is 500. The SMILES string of the molecule is CC(Oc1cc(F)ccc1[C@H](C)O)C(=O)N1CCOCC1. The third-order valence-corrected chi connectivity index (χ3v) is 3.40. The molecule has 2 atom stereocenters. The highest BCUT2D eigenvalue weighted by molar-refractivity contribution is 5.81. The van der Waals surface area contributed by atoms with E-state index in [-0.39, 0.29) is 11.7 Å². The van der Waals surface area contributed by atoms with E-state index in [1.54, 1.807) is 18.7 Å². The van der Waals surface area contributed by atoms with Crippen molar-refractivity contribution in [1.82, 2.24) is 4.90 Å². The van der Waals surface area contributed by atoms with Gasteiger partial charge in [-0.1, -0.05) is 0 Å². The number of halogens is 1. The van der Waals surface area contributed by atoms with Gasteiger partial charge in [0.25, 0.3) is 5.91 Å². The molecule has 1 unspecified atom stereocenters. The Morgan fingerprint density at radius 2 is 2.05 bits per heavy atom. The molecule has 0 spiro atoms. The normalized spacial score (nSPS) is 18.2. The molecule has 116 valence electrons. The number of amides is 1. The highest BCUT2D eigenvalue weighted by Gasteiger charge is 2.25. The van der Waals surface area contributed by atoms with Gasteiger partial charge >= 0.3 is 0 Å². The minimum Gasteiger partial charge on any atom is -0.480 e. The van der Waals surface area contributed by atoms with Gasteiger partial charge in [0.15, 0.2) is 6.10 Å². The molecule has 21 heavy (non-hydrogen) atoms. The van der Waals surface area contributed by atoms with Crippen LogP contribution >= 0.6 is 0 Å². The van der Waals surface area contributed by atoms with Crippen LogP contribution in [0.5, 0.6) is 5.75 Å². The minimum atomic E-state index is -0.800. The van der Waals surface area contributed by atoms with Gasteiger partial charge in [-0.3, -0.25) is 4.79 Å². The Labute approximate surface area is 123 Å². The highest BCUT2D eigenvalue weighted by atomic mass is 19.1. The molecule has 1 heterocycles. The second-order valence-electron chi connectivity index (χ2n) is 5.06. The van der Waals surface area contributed by atoms with Crippen LogP contribution in [0.2, 0.25) is 0 Å². The first kappa shape index (κ1) is 15.7. The zero-order valence-corrected chi connectivity index (χ0v) is 12.2. The summed E-state index contributed by atoms with van der Waals surface area (Å²) in [4.78, 5) is 13.9. The van der Waals surface area contributed by atoms with E-state index in [1.807, 2.05) is 0 Å². The molecular formula is C15H20FNO4. The third-order valence-electron chi connectivity index (χ3n) is 3.40. The zero-order valence-electron chi connectivity index (χ0n) is 12.2. The monoisotopic (exact) mass is 297 g/mol. The van der Waals surface area contributed by atoms with Crippen molar-refractivity contribution in [3.8, 4) is 5.75 Å². The molecule has 1 aliphatic heterocycles. The Morgan fingerprint density at radius 3 is 2.67 bits per heavy atom. The molecule has 1 fully saturated rings. The van der Waals surface area contributed by atoms with Crippen LogP contribution < -0.4 is 4.74 Å². The molecule has 1 aromatic carbocycles. The lowest BCUT2D eigenvalue weighted by atomic mass is 10.1. The summed E-state index contributed by atoms with van der Waals surface area (Å²) in [5.74, 6) is -0.446. The fourth-order valence-electron chi connectivity index (χ4n) is 2.24. The van der Waals surface area contributed by atoms with Crippen LogP contribution in [0.3, 0.4) is 0 Å². The van der Waals surface area contributed by atoms with E-state index in [0.29, 0.717) is 31.9 Å². The molecule has 1 aliphatic rings. The van der Waals surface area contributed by atoms with Crippen LogP contribution in [0, 0.1) is 5.82 Å². The Morgan fingerprint density at radius 1 is 1.38 bits per heavy atom. The van der Waals surface area contributed by atoms with Crippen molar-refractivity contribution in [2.24, 2.45) is 0 Å². The number of nitrogens with zero attached hydrogens (tertiary/aromatic N) is 1. The summed E-state index contributed by atoms with van der Waals surface area (Å²) in [6.45, 7) is 5.26. The number of aliphatic hydroxyl groups is 1. The van der Waals surface area contributed by atoms with Crippen molar-refractivity contribution in [3.63, 3.8) is 0 Å². The number of ether oxygens (including phenoxy) is 2. The van der Waals surface area contributed by atoms with Crippen molar-refractivity contribution < 1.29 is 23.8 Å². The lowest BCUT2D eigenvalue weighted by Gasteiger charge is -2.29. The first-order valence-corrected chi connectivity index (χ1v) is 6.99.